The third kappa shape index (κ3) is 3.92. The summed E-state index contributed by atoms with van der Waals surface area (Å²) in [6.07, 6.45) is 1.71. The van der Waals surface area contributed by atoms with Crippen LogP contribution in [0.2, 0.25) is 0 Å². The molecule has 0 radical (unpaired) electrons. The van der Waals surface area contributed by atoms with Crippen molar-refractivity contribution in [2.75, 3.05) is 7.11 Å². The second-order valence-electron chi connectivity index (χ2n) is 7.62. The lowest BCUT2D eigenvalue weighted by Crippen LogP contribution is -2.42. The molecule has 2 aromatic carbocycles. The largest absolute Gasteiger partial charge is 0.467 e. The number of thioether (sulfide) groups is 1. The number of rotatable bonds is 5. The summed E-state index contributed by atoms with van der Waals surface area (Å²) in [6, 6.07) is 16.5. The van der Waals surface area contributed by atoms with Gasteiger partial charge in [-0.1, -0.05) is 36.4 Å². The Balaban J connectivity index is 1.78. The summed E-state index contributed by atoms with van der Waals surface area (Å²) in [7, 11) is 1.22. The van der Waals surface area contributed by atoms with Gasteiger partial charge in [0, 0.05) is 28.7 Å². The van der Waals surface area contributed by atoms with Gasteiger partial charge in [-0.2, -0.15) is 5.26 Å². The van der Waals surface area contributed by atoms with Gasteiger partial charge in [-0.25, -0.2) is 4.79 Å². The molecule has 1 aromatic heterocycles. The van der Waals surface area contributed by atoms with E-state index in [4.69, 9.17) is 4.74 Å². The quantitative estimate of drug-likeness (QED) is 0.413. The van der Waals surface area contributed by atoms with Gasteiger partial charge in [0.15, 0.2) is 0 Å². The highest BCUT2D eigenvalue weighted by atomic mass is 32.2. The molecule has 1 saturated heterocycles. The van der Waals surface area contributed by atoms with Gasteiger partial charge in [0.2, 0.25) is 0 Å². The maximum absolute atomic E-state index is 13.0. The van der Waals surface area contributed by atoms with Gasteiger partial charge in [0.05, 0.1) is 23.6 Å². The van der Waals surface area contributed by atoms with Crippen LogP contribution < -0.4 is 0 Å². The number of esters is 1. The van der Waals surface area contributed by atoms with E-state index in [1.807, 2.05) is 49.4 Å². The predicted molar refractivity (Wildman–Crippen MR) is 126 cm³/mol. The van der Waals surface area contributed by atoms with Crippen molar-refractivity contribution in [3.63, 3.8) is 0 Å². The van der Waals surface area contributed by atoms with Gasteiger partial charge >= 0.3 is 5.97 Å². The Hall–Kier alpha value is -3.83. The molecular weight excluding hydrogens is 438 g/mol. The lowest BCUT2D eigenvalue weighted by atomic mass is 10.1. The lowest BCUT2D eigenvalue weighted by molar-refractivity contribution is -0.148. The van der Waals surface area contributed by atoms with E-state index in [0.29, 0.717) is 12.1 Å². The van der Waals surface area contributed by atoms with Crippen molar-refractivity contribution >= 4 is 45.9 Å². The zero-order valence-corrected chi connectivity index (χ0v) is 19.2. The standard InChI is InChI=1S/C25H21N3O4S/c1-15-20(12-22-23(29)28(25(31)33-22)16(2)24(30)32-3)19-10-6-7-11-21(19)27(15)14-18-9-5-4-8-17(18)13-26/h4-12,16H,14H2,1-3H3/b22-12+/t16-/m0/s1. The summed E-state index contributed by atoms with van der Waals surface area (Å²) in [5.74, 6) is -1.17. The smallest absolute Gasteiger partial charge is 0.328 e. The number of fused-ring (bicyclic) bond motifs is 1. The molecular formula is C25H21N3O4S. The summed E-state index contributed by atoms with van der Waals surface area (Å²) >= 11 is 0.808. The van der Waals surface area contributed by atoms with E-state index in [-0.39, 0.29) is 4.91 Å². The molecule has 1 aliphatic heterocycles. The average molecular weight is 460 g/mol. The highest BCUT2D eigenvalue weighted by Gasteiger charge is 2.41. The zero-order valence-electron chi connectivity index (χ0n) is 18.4. The number of nitriles is 1. The molecule has 3 aromatic rings. The second kappa shape index (κ2) is 8.96. The molecule has 0 aliphatic carbocycles. The van der Waals surface area contributed by atoms with Crippen LogP contribution in [0.5, 0.6) is 0 Å². The van der Waals surface area contributed by atoms with Crippen LogP contribution in [-0.2, 0) is 20.9 Å². The molecule has 2 amide bonds. The van der Waals surface area contributed by atoms with Crippen LogP contribution in [0, 0.1) is 18.3 Å². The van der Waals surface area contributed by atoms with Crippen LogP contribution in [0.4, 0.5) is 4.79 Å². The minimum atomic E-state index is -1.00. The number of ether oxygens (including phenoxy) is 1. The number of aromatic nitrogens is 1. The first kappa shape index (κ1) is 22.4. The van der Waals surface area contributed by atoms with E-state index < -0.39 is 23.2 Å². The second-order valence-corrected chi connectivity index (χ2v) is 8.62. The van der Waals surface area contributed by atoms with Crippen LogP contribution in [0.3, 0.4) is 0 Å². The van der Waals surface area contributed by atoms with Gasteiger partial charge in [0.1, 0.15) is 6.04 Å². The van der Waals surface area contributed by atoms with Gasteiger partial charge in [-0.15, -0.1) is 0 Å². The van der Waals surface area contributed by atoms with Gasteiger partial charge in [-0.3, -0.25) is 14.5 Å². The molecule has 0 spiro atoms. The van der Waals surface area contributed by atoms with Crippen molar-refractivity contribution in [3.8, 4) is 6.07 Å². The first-order chi connectivity index (χ1) is 15.9. The fraction of sp³-hybridized carbons (Fsp3) is 0.200. The molecule has 2 heterocycles. The maximum atomic E-state index is 13.0. The van der Waals surface area contributed by atoms with Crippen molar-refractivity contribution in [3.05, 3.63) is 75.8 Å². The minimum absolute atomic E-state index is 0.249. The van der Waals surface area contributed by atoms with Crippen molar-refractivity contribution in [1.29, 1.82) is 5.26 Å². The van der Waals surface area contributed by atoms with Gasteiger partial charge in [-0.05, 0) is 49.4 Å². The maximum Gasteiger partial charge on any atom is 0.328 e. The summed E-state index contributed by atoms with van der Waals surface area (Å²) in [5.41, 5.74) is 4.17. The summed E-state index contributed by atoms with van der Waals surface area (Å²) in [6.45, 7) is 3.90. The van der Waals surface area contributed by atoms with E-state index in [2.05, 4.69) is 10.6 Å². The van der Waals surface area contributed by atoms with Crippen LogP contribution in [-0.4, -0.2) is 39.7 Å². The Morgan fingerprint density at radius 3 is 2.61 bits per heavy atom. The molecule has 0 bridgehead atoms. The molecule has 4 rings (SSSR count). The Morgan fingerprint density at radius 2 is 1.88 bits per heavy atom. The van der Waals surface area contributed by atoms with Crippen molar-refractivity contribution in [2.45, 2.75) is 26.4 Å². The number of methoxy groups -OCH3 is 1. The van der Waals surface area contributed by atoms with Gasteiger partial charge < -0.3 is 9.30 Å². The SMILES string of the molecule is COC(=O)[C@H](C)N1C(=O)S/C(=C/c2c(C)n(Cc3ccccc3C#N)c3ccccc23)C1=O. The fourth-order valence-electron chi connectivity index (χ4n) is 4.00. The molecule has 1 aliphatic rings. The highest BCUT2D eigenvalue weighted by Crippen LogP contribution is 2.37. The number of para-hydroxylation sites is 1. The zero-order chi connectivity index (χ0) is 23.7. The molecule has 0 saturated carbocycles. The topological polar surface area (TPSA) is 92.4 Å². The highest BCUT2D eigenvalue weighted by molar-refractivity contribution is 8.18. The van der Waals surface area contributed by atoms with Crippen LogP contribution in [0.25, 0.3) is 17.0 Å². The fourth-order valence-corrected chi connectivity index (χ4v) is 4.89. The Labute approximate surface area is 195 Å². The average Bonchev–Trinajstić information content (AvgIpc) is 3.26. The number of carbonyl (C=O) groups is 3. The normalized spacial score (nSPS) is 15.8. The van der Waals surface area contributed by atoms with Crippen molar-refractivity contribution in [2.24, 2.45) is 0 Å². The van der Waals surface area contributed by atoms with Crippen molar-refractivity contribution < 1.29 is 19.1 Å². The van der Waals surface area contributed by atoms with E-state index in [1.54, 1.807) is 12.1 Å². The molecule has 8 heteroatoms. The summed E-state index contributed by atoms with van der Waals surface area (Å²) < 4.78 is 6.79. The molecule has 7 nitrogen and oxygen atoms in total. The molecule has 166 valence electrons. The van der Waals surface area contributed by atoms with Crippen LogP contribution in [0.1, 0.15) is 29.3 Å². The first-order valence-corrected chi connectivity index (χ1v) is 11.1. The molecule has 33 heavy (non-hydrogen) atoms. The van der Waals surface area contributed by atoms with E-state index >= 15 is 0 Å². The minimum Gasteiger partial charge on any atom is -0.467 e. The number of nitrogens with zero attached hydrogens (tertiary/aromatic N) is 3. The molecule has 1 fully saturated rings. The number of hydrogen-bond acceptors (Lipinski definition) is 6. The Morgan fingerprint density at radius 1 is 1.18 bits per heavy atom. The number of imide groups is 1. The third-order valence-electron chi connectivity index (χ3n) is 5.77. The van der Waals surface area contributed by atoms with Crippen LogP contribution in [0.15, 0.2) is 53.4 Å². The number of benzene rings is 2. The van der Waals surface area contributed by atoms with Crippen molar-refractivity contribution in [1.82, 2.24) is 9.47 Å². The molecule has 0 unspecified atom stereocenters. The Bertz CT molecular complexity index is 1370. The Kier molecular flexibility index (Phi) is 6.07. The van der Waals surface area contributed by atoms with E-state index in [9.17, 15) is 19.6 Å². The number of hydrogen-bond donors (Lipinski definition) is 0. The number of carbonyl (C=O) groups excluding carboxylic acids is 3. The third-order valence-corrected chi connectivity index (χ3v) is 6.66. The lowest BCUT2D eigenvalue weighted by Gasteiger charge is -2.18. The van der Waals surface area contributed by atoms with Gasteiger partial charge in [0.25, 0.3) is 11.1 Å². The van der Waals surface area contributed by atoms with E-state index in [0.717, 1.165) is 44.4 Å². The number of amides is 2. The van der Waals surface area contributed by atoms with Crippen LogP contribution >= 0.6 is 11.8 Å². The predicted octanol–water partition coefficient (Wildman–Crippen LogP) is 4.47. The first-order valence-electron chi connectivity index (χ1n) is 10.3. The summed E-state index contributed by atoms with van der Waals surface area (Å²) in [4.78, 5) is 38.5. The van der Waals surface area contributed by atoms with E-state index in [1.165, 1.54) is 14.0 Å². The molecule has 1 atom stereocenters. The molecule has 0 N–H and O–H groups in total. The summed E-state index contributed by atoms with van der Waals surface area (Å²) in [5, 5.41) is 9.90. The monoisotopic (exact) mass is 459 g/mol.